The molecular weight excluding hydrogens is 258 g/mol. The smallest absolute Gasteiger partial charge is 0.326 e. The summed E-state index contributed by atoms with van der Waals surface area (Å²) in [7, 11) is 0. The zero-order valence-electron chi connectivity index (χ0n) is 11.5. The van der Waals surface area contributed by atoms with Gasteiger partial charge in [0.15, 0.2) is 0 Å². The van der Waals surface area contributed by atoms with E-state index >= 15 is 0 Å². The van der Waals surface area contributed by atoms with Crippen LogP contribution in [-0.2, 0) is 27.3 Å². The zero-order chi connectivity index (χ0) is 14.5. The normalized spacial score (nSPS) is 17.6. The van der Waals surface area contributed by atoms with Gasteiger partial charge < -0.3 is 14.7 Å². The lowest BCUT2D eigenvalue weighted by molar-refractivity contribution is -0.151. The molecule has 1 aromatic carbocycles. The Labute approximate surface area is 118 Å². The first-order chi connectivity index (χ1) is 9.63. The summed E-state index contributed by atoms with van der Waals surface area (Å²) in [5, 5.41) is 9.33. The third-order valence-corrected chi connectivity index (χ3v) is 3.52. The largest absolute Gasteiger partial charge is 0.480 e. The van der Waals surface area contributed by atoms with Gasteiger partial charge >= 0.3 is 5.97 Å². The molecule has 0 aliphatic carbocycles. The number of nitrogens with zero attached hydrogens (tertiary/aromatic N) is 1. The fraction of sp³-hybridized carbons (Fsp3) is 0.467. The number of carbonyl (C=O) groups is 2. The van der Waals surface area contributed by atoms with Crippen molar-refractivity contribution in [3.8, 4) is 0 Å². The summed E-state index contributed by atoms with van der Waals surface area (Å²) in [6, 6.07) is 6.88. The van der Waals surface area contributed by atoms with Gasteiger partial charge in [0, 0.05) is 19.6 Å². The molecule has 0 bridgehead atoms. The molecule has 1 amide bonds. The second-order valence-electron chi connectivity index (χ2n) is 4.80. The molecule has 1 aromatic rings. The predicted octanol–water partition coefficient (Wildman–Crippen LogP) is 1.45. The standard InChI is InChI=1S/C15H19NO4/c1-2-20-8-7-14(17)16-10-12-6-4-3-5-11(12)9-13(16)15(18)19/h3-6,13H,2,7-10H2,1H3,(H,18,19)/t13-/m1/s1. The van der Waals surface area contributed by atoms with Crippen molar-refractivity contribution in [3.63, 3.8) is 0 Å². The van der Waals surface area contributed by atoms with Crippen molar-refractivity contribution in [2.75, 3.05) is 13.2 Å². The Morgan fingerprint density at radius 1 is 1.35 bits per heavy atom. The van der Waals surface area contributed by atoms with Crippen molar-refractivity contribution in [1.82, 2.24) is 4.90 Å². The highest BCUT2D eigenvalue weighted by molar-refractivity contribution is 5.84. The Balaban J connectivity index is 2.13. The van der Waals surface area contributed by atoms with Crippen molar-refractivity contribution in [3.05, 3.63) is 35.4 Å². The van der Waals surface area contributed by atoms with Gasteiger partial charge in [-0.05, 0) is 18.1 Å². The number of benzene rings is 1. The van der Waals surface area contributed by atoms with Crippen LogP contribution in [0, 0.1) is 0 Å². The summed E-state index contributed by atoms with van der Waals surface area (Å²) in [6.45, 7) is 3.11. The van der Waals surface area contributed by atoms with Crippen molar-refractivity contribution in [2.24, 2.45) is 0 Å². The van der Waals surface area contributed by atoms with Crippen LogP contribution in [0.5, 0.6) is 0 Å². The van der Waals surface area contributed by atoms with Gasteiger partial charge in [0.2, 0.25) is 5.91 Å². The van der Waals surface area contributed by atoms with E-state index in [0.717, 1.165) is 11.1 Å². The third-order valence-electron chi connectivity index (χ3n) is 3.52. The Hall–Kier alpha value is -1.88. The average molecular weight is 277 g/mol. The maximum Gasteiger partial charge on any atom is 0.326 e. The quantitative estimate of drug-likeness (QED) is 0.827. The third kappa shape index (κ3) is 3.17. The van der Waals surface area contributed by atoms with Crippen LogP contribution in [0.4, 0.5) is 0 Å². The molecule has 0 saturated carbocycles. The predicted molar refractivity (Wildman–Crippen MR) is 73.2 cm³/mol. The molecule has 1 heterocycles. The second kappa shape index (κ2) is 6.52. The first-order valence-corrected chi connectivity index (χ1v) is 6.80. The van der Waals surface area contributed by atoms with Gasteiger partial charge in [0.1, 0.15) is 6.04 Å². The molecule has 20 heavy (non-hydrogen) atoms. The van der Waals surface area contributed by atoms with Gasteiger partial charge in [-0.25, -0.2) is 4.79 Å². The average Bonchev–Trinajstić information content (AvgIpc) is 2.46. The number of amides is 1. The van der Waals surface area contributed by atoms with Gasteiger partial charge in [-0.1, -0.05) is 24.3 Å². The number of fused-ring (bicyclic) bond motifs is 1. The molecule has 0 unspecified atom stereocenters. The molecule has 5 nitrogen and oxygen atoms in total. The lowest BCUT2D eigenvalue weighted by Gasteiger charge is -2.34. The summed E-state index contributed by atoms with van der Waals surface area (Å²) in [6.07, 6.45) is 0.589. The van der Waals surface area contributed by atoms with E-state index in [1.807, 2.05) is 31.2 Å². The van der Waals surface area contributed by atoms with Gasteiger partial charge in [-0.3, -0.25) is 4.79 Å². The van der Waals surface area contributed by atoms with E-state index in [4.69, 9.17) is 4.74 Å². The monoisotopic (exact) mass is 277 g/mol. The van der Waals surface area contributed by atoms with Crippen LogP contribution >= 0.6 is 0 Å². The molecular formula is C15H19NO4. The van der Waals surface area contributed by atoms with E-state index < -0.39 is 12.0 Å². The van der Waals surface area contributed by atoms with Crippen LogP contribution in [0.15, 0.2) is 24.3 Å². The van der Waals surface area contributed by atoms with E-state index in [1.54, 1.807) is 0 Å². The molecule has 1 aliphatic rings. The molecule has 0 spiro atoms. The molecule has 5 heteroatoms. The number of carboxylic acids is 1. The van der Waals surface area contributed by atoms with Crippen LogP contribution in [0.1, 0.15) is 24.5 Å². The highest BCUT2D eigenvalue weighted by Crippen LogP contribution is 2.24. The molecule has 1 N–H and O–H groups in total. The molecule has 108 valence electrons. The van der Waals surface area contributed by atoms with E-state index in [-0.39, 0.29) is 12.3 Å². The summed E-state index contributed by atoms with van der Waals surface area (Å²) in [4.78, 5) is 25.0. The van der Waals surface area contributed by atoms with Crippen molar-refractivity contribution in [1.29, 1.82) is 0 Å². The molecule has 0 aromatic heterocycles. The Bertz CT molecular complexity index is 500. The molecule has 1 aliphatic heterocycles. The number of hydrogen-bond donors (Lipinski definition) is 1. The maximum absolute atomic E-state index is 12.2. The first-order valence-electron chi connectivity index (χ1n) is 6.80. The van der Waals surface area contributed by atoms with Crippen molar-refractivity contribution >= 4 is 11.9 Å². The van der Waals surface area contributed by atoms with Gasteiger partial charge in [0.05, 0.1) is 13.0 Å². The molecule has 0 fully saturated rings. The highest BCUT2D eigenvalue weighted by Gasteiger charge is 2.33. The summed E-state index contributed by atoms with van der Waals surface area (Å²) in [5.41, 5.74) is 2.03. The lowest BCUT2D eigenvalue weighted by Crippen LogP contribution is -2.48. The highest BCUT2D eigenvalue weighted by atomic mass is 16.5. The van der Waals surface area contributed by atoms with E-state index in [0.29, 0.717) is 26.2 Å². The number of carbonyl (C=O) groups excluding carboxylic acids is 1. The number of ether oxygens (including phenoxy) is 1. The zero-order valence-corrected chi connectivity index (χ0v) is 11.5. The van der Waals surface area contributed by atoms with Crippen LogP contribution in [0.2, 0.25) is 0 Å². The Morgan fingerprint density at radius 2 is 2.05 bits per heavy atom. The molecule has 2 rings (SSSR count). The minimum absolute atomic E-state index is 0.166. The van der Waals surface area contributed by atoms with Crippen LogP contribution < -0.4 is 0 Å². The number of hydrogen-bond acceptors (Lipinski definition) is 3. The minimum atomic E-state index is -0.954. The van der Waals surface area contributed by atoms with Gasteiger partial charge in [-0.15, -0.1) is 0 Å². The molecule has 0 radical (unpaired) electrons. The Kier molecular flexibility index (Phi) is 4.74. The summed E-state index contributed by atoms with van der Waals surface area (Å²) in [5.74, 6) is -1.12. The van der Waals surface area contributed by atoms with Crippen LogP contribution in [0.3, 0.4) is 0 Å². The SMILES string of the molecule is CCOCCC(=O)N1Cc2ccccc2C[C@@H]1C(=O)O. The first kappa shape index (κ1) is 14.5. The van der Waals surface area contributed by atoms with E-state index in [1.165, 1.54) is 4.90 Å². The maximum atomic E-state index is 12.2. The second-order valence-corrected chi connectivity index (χ2v) is 4.80. The number of rotatable bonds is 5. The van der Waals surface area contributed by atoms with E-state index in [9.17, 15) is 14.7 Å². The number of carboxylic acid groups (broad SMARTS) is 1. The minimum Gasteiger partial charge on any atom is -0.480 e. The molecule has 1 atom stereocenters. The fourth-order valence-corrected chi connectivity index (χ4v) is 2.45. The van der Waals surface area contributed by atoms with Gasteiger partial charge in [-0.2, -0.15) is 0 Å². The van der Waals surface area contributed by atoms with Crippen molar-refractivity contribution in [2.45, 2.75) is 32.4 Å². The van der Waals surface area contributed by atoms with E-state index in [2.05, 4.69) is 0 Å². The van der Waals surface area contributed by atoms with Crippen LogP contribution in [-0.4, -0.2) is 41.1 Å². The number of aliphatic carboxylic acids is 1. The Morgan fingerprint density at radius 3 is 2.70 bits per heavy atom. The topological polar surface area (TPSA) is 66.8 Å². The van der Waals surface area contributed by atoms with Gasteiger partial charge in [0.25, 0.3) is 0 Å². The van der Waals surface area contributed by atoms with Crippen LogP contribution in [0.25, 0.3) is 0 Å². The van der Waals surface area contributed by atoms with Crippen molar-refractivity contribution < 1.29 is 19.4 Å². The summed E-state index contributed by atoms with van der Waals surface area (Å²) < 4.78 is 5.17. The lowest BCUT2D eigenvalue weighted by atomic mass is 9.94. The summed E-state index contributed by atoms with van der Waals surface area (Å²) >= 11 is 0. The molecule has 0 saturated heterocycles. The fourth-order valence-electron chi connectivity index (χ4n) is 2.45.